The molecule has 0 amide bonds. The number of hydrogen-bond acceptors (Lipinski definition) is 4. The molecule has 20 heavy (non-hydrogen) atoms. The highest BCUT2D eigenvalue weighted by molar-refractivity contribution is 7.09. The minimum Gasteiger partial charge on any atom is -0.385 e. The zero-order valence-corrected chi connectivity index (χ0v) is 12.0. The van der Waals surface area contributed by atoms with Crippen LogP contribution in [0, 0.1) is 6.92 Å². The third-order valence-electron chi connectivity index (χ3n) is 3.27. The van der Waals surface area contributed by atoms with Gasteiger partial charge in [0.05, 0.1) is 5.01 Å². The average molecular weight is 285 g/mol. The summed E-state index contributed by atoms with van der Waals surface area (Å²) in [5.41, 5.74) is 6.99. The Labute approximate surface area is 120 Å². The number of anilines is 1. The van der Waals surface area contributed by atoms with Gasteiger partial charge in [-0.1, -0.05) is 18.2 Å². The first-order valence-corrected chi connectivity index (χ1v) is 7.32. The summed E-state index contributed by atoms with van der Waals surface area (Å²) in [6.07, 6.45) is 0.723. The van der Waals surface area contributed by atoms with E-state index < -0.39 is 0 Å². The van der Waals surface area contributed by atoms with Crippen molar-refractivity contribution in [1.82, 2.24) is 9.55 Å². The van der Waals surface area contributed by atoms with E-state index in [-0.39, 0.29) is 5.56 Å². The van der Waals surface area contributed by atoms with Crippen LogP contribution in [-0.2, 0) is 13.0 Å². The van der Waals surface area contributed by atoms with Gasteiger partial charge in [0.15, 0.2) is 0 Å². The molecule has 5 heteroatoms. The summed E-state index contributed by atoms with van der Waals surface area (Å²) in [4.78, 5) is 16.9. The van der Waals surface area contributed by atoms with Gasteiger partial charge in [0.1, 0.15) is 5.82 Å². The lowest BCUT2D eigenvalue weighted by Crippen LogP contribution is -2.24. The summed E-state index contributed by atoms with van der Waals surface area (Å²) in [6, 6.07) is 9.37. The van der Waals surface area contributed by atoms with Crippen LogP contribution < -0.4 is 11.3 Å². The van der Waals surface area contributed by atoms with Crippen LogP contribution in [-0.4, -0.2) is 9.55 Å². The first kappa shape index (κ1) is 12.9. The van der Waals surface area contributed by atoms with E-state index in [0.717, 1.165) is 22.5 Å². The molecule has 0 spiro atoms. The van der Waals surface area contributed by atoms with Crippen molar-refractivity contribution >= 4 is 27.9 Å². The summed E-state index contributed by atoms with van der Waals surface area (Å²) < 4.78 is 1.62. The van der Waals surface area contributed by atoms with Gasteiger partial charge in [-0.2, -0.15) is 0 Å². The smallest absolute Gasteiger partial charge is 0.259 e. The van der Waals surface area contributed by atoms with E-state index in [2.05, 4.69) is 4.98 Å². The van der Waals surface area contributed by atoms with Gasteiger partial charge in [-0.05, 0) is 24.4 Å². The molecule has 0 atom stereocenters. The maximum atomic E-state index is 12.4. The van der Waals surface area contributed by atoms with E-state index in [1.54, 1.807) is 15.9 Å². The van der Waals surface area contributed by atoms with Crippen molar-refractivity contribution in [2.24, 2.45) is 0 Å². The van der Waals surface area contributed by atoms with Crippen LogP contribution in [0.3, 0.4) is 0 Å². The lowest BCUT2D eigenvalue weighted by molar-refractivity contribution is 0.682. The molecule has 2 heterocycles. The number of thiazole rings is 1. The number of rotatable bonds is 3. The Hall–Kier alpha value is -2.14. The molecule has 3 rings (SSSR count). The molecule has 0 bridgehead atoms. The van der Waals surface area contributed by atoms with Gasteiger partial charge in [-0.3, -0.25) is 9.36 Å². The molecule has 0 fully saturated rings. The van der Waals surface area contributed by atoms with Crippen LogP contribution in [0.25, 0.3) is 10.8 Å². The van der Waals surface area contributed by atoms with Crippen molar-refractivity contribution in [2.45, 2.75) is 19.9 Å². The quantitative estimate of drug-likeness (QED) is 0.804. The summed E-state index contributed by atoms with van der Waals surface area (Å²) in [5.74, 6) is 0.502. The molecule has 0 aliphatic heterocycles. The molecule has 2 aromatic heterocycles. The Kier molecular flexibility index (Phi) is 3.28. The molecular formula is C15H15N3OS. The summed E-state index contributed by atoms with van der Waals surface area (Å²) >= 11 is 1.62. The van der Waals surface area contributed by atoms with Gasteiger partial charge in [-0.25, -0.2) is 4.98 Å². The molecule has 0 radical (unpaired) electrons. The normalized spacial score (nSPS) is 11.1. The molecule has 1 aromatic carbocycles. The van der Waals surface area contributed by atoms with Gasteiger partial charge in [0.2, 0.25) is 0 Å². The van der Waals surface area contributed by atoms with Crippen LogP contribution in [0.5, 0.6) is 0 Å². The fraction of sp³-hybridized carbons (Fsp3) is 0.200. The van der Waals surface area contributed by atoms with E-state index in [9.17, 15) is 4.79 Å². The van der Waals surface area contributed by atoms with E-state index >= 15 is 0 Å². The van der Waals surface area contributed by atoms with Crippen LogP contribution in [0.2, 0.25) is 0 Å². The molecule has 2 N–H and O–H groups in total. The highest BCUT2D eigenvalue weighted by atomic mass is 32.1. The molecule has 0 aliphatic carbocycles. The van der Waals surface area contributed by atoms with Gasteiger partial charge in [0, 0.05) is 29.4 Å². The Bertz CT molecular complexity index is 819. The molecule has 0 saturated heterocycles. The van der Waals surface area contributed by atoms with Gasteiger partial charge in [0.25, 0.3) is 5.56 Å². The Morgan fingerprint density at radius 1 is 1.35 bits per heavy atom. The Morgan fingerprint density at radius 2 is 2.15 bits per heavy atom. The van der Waals surface area contributed by atoms with E-state index in [0.29, 0.717) is 17.7 Å². The number of aryl methyl sites for hydroxylation is 2. The number of fused-ring (bicyclic) bond motifs is 1. The molecular weight excluding hydrogens is 270 g/mol. The van der Waals surface area contributed by atoms with Crippen molar-refractivity contribution < 1.29 is 0 Å². The Balaban J connectivity index is 1.97. The molecule has 0 unspecified atom stereocenters. The lowest BCUT2D eigenvalue weighted by Gasteiger charge is -2.10. The standard InChI is InChI=1S/C15H15N3OS/c1-10-9-20-14(17-10)6-7-18-13(16)8-11-4-2-3-5-12(11)15(18)19/h2-5,8-9H,6-7,16H2,1H3. The van der Waals surface area contributed by atoms with Crippen molar-refractivity contribution in [3.63, 3.8) is 0 Å². The van der Waals surface area contributed by atoms with Crippen molar-refractivity contribution in [3.8, 4) is 0 Å². The Morgan fingerprint density at radius 3 is 2.90 bits per heavy atom. The molecule has 0 aliphatic rings. The lowest BCUT2D eigenvalue weighted by atomic mass is 10.1. The minimum atomic E-state index is -0.0334. The minimum absolute atomic E-state index is 0.0334. The zero-order valence-electron chi connectivity index (χ0n) is 11.2. The summed E-state index contributed by atoms with van der Waals surface area (Å²) in [6.45, 7) is 2.53. The molecule has 0 saturated carbocycles. The number of nitrogens with two attached hydrogens (primary N) is 1. The number of benzene rings is 1. The fourth-order valence-corrected chi connectivity index (χ4v) is 3.04. The molecule has 4 nitrogen and oxygen atoms in total. The van der Waals surface area contributed by atoms with Crippen molar-refractivity contribution in [3.05, 3.63) is 56.8 Å². The maximum absolute atomic E-state index is 12.4. The predicted molar refractivity (Wildman–Crippen MR) is 83.2 cm³/mol. The second-order valence-electron chi connectivity index (χ2n) is 4.75. The van der Waals surface area contributed by atoms with Crippen molar-refractivity contribution in [2.75, 3.05) is 5.73 Å². The first-order chi connectivity index (χ1) is 9.65. The van der Waals surface area contributed by atoms with Crippen LogP contribution >= 0.6 is 11.3 Å². The largest absolute Gasteiger partial charge is 0.385 e. The fourth-order valence-electron chi connectivity index (χ4n) is 2.27. The van der Waals surface area contributed by atoms with Gasteiger partial charge < -0.3 is 5.73 Å². The molecule has 102 valence electrons. The SMILES string of the molecule is Cc1csc(CCn2c(N)cc3ccccc3c2=O)n1. The monoisotopic (exact) mass is 285 g/mol. The predicted octanol–water partition coefficient (Wildman–Crippen LogP) is 2.59. The van der Waals surface area contributed by atoms with E-state index in [1.165, 1.54) is 0 Å². The number of pyridine rings is 1. The number of hydrogen-bond donors (Lipinski definition) is 1. The summed E-state index contributed by atoms with van der Waals surface area (Å²) in [7, 11) is 0. The summed E-state index contributed by atoms with van der Waals surface area (Å²) in [5, 5.41) is 4.64. The highest BCUT2D eigenvalue weighted by Crippen LogP contribution is 2.15. The maximum Gasteiger partial charge on any atom is 0.259 e. The average Bonchev–Trinajstić information content (AvgIpc) is 2.84. The van der Waals surface area contributed by atoms with Crippen molar-refractivity contribution in [1.29, 1.82) is 0 Å². The highest BCUT2D eigenvalue weighted by Gasteiger charge is 2.07. The third-order valence-corrected chi connectivity index (χ3v) is 4.29. The van der Waals surface area contributed by atoms with Gasteiger partial charge in [-0.15, -0.1) is 11.3 Å². The number of nitrogen functional groups attached to an aromatic ring is 1. The van der Waals surface area contributed by atoms with E-state index in [4.69, 9.17) is 5.73 Å². The second-order valence-corrected chi connectivity index (χ2v) is 5.69. The number of aromatic nitrogens is 2. The topological polar surface area (TPSA) is 60.9 Å². The second kappa shape index (κ2) is 5.09. The molecule has 3 aromatic rings. The number of nitrogens with zero attached hydrogens (tertiary/aromatic N) is 2. The van der Waals surface area contributed by atoms with E-state index in [1.807, 2.05) is 42.6 Å². The van der Waals surface area contributed by atoms with Gasteiger partial charge >= 0.3 is 0 Å². The third kappa shape index (κ3) is 2.32. The van der Waals surface area contributed by atoms with Crippen LogP contribution in [0.15, 0.2) is 40.5 Å². The zero-order chi connectivity index (χ0) is 14.1. The van der Waals surface area contributed by atoms with Crippen LogP contribution in [0.4, 0.5) is 5.82 Å². The first-order valence-electron chi connectivity index (χ1n) is 6.44. The van der Waals surface area contributed by atoms with Crippen LogP contribution in [0.1, 0.15) is 10.7 Å².